The van der Waals surface area contributed by atoms with E-state index in [2.05, 4.69) is 104 Å². The van der Waals surface area contributed by atoms with Crippen LogP contribution in [0.1, 0.15) is 25.6 Å². The van der Waals surface area contributed by atoms with Gasteiger partial charge in [0, 0.05) is 34.0 Å². The maximum Gasteiger partial charge on any atom is 0.230 e. The number of benzene rings is 2. The van der Waals surface area contributed by atoms with Crippen molar-refractivity contribution < 1.29 is 0 Å². The van der Waals surface area contributed by atoms with E-state index in [1.54, 1.807) is 12.4 Å². The molecular formula is C27H29N7. The highest BCUT2D eigenvalue weighted by Gasteiger charge is 2.22. The average Bonchev–Trinajstić information content (AvgIpc) is 3.19. The first-order chi connectivity index (χ1) is 16.7. The number of aliphatic imine (C=N–C) groups is 1. The first-order valence-electron chi connectivity index (χ1n) is 11.6. The highest BCUT2D eigenvalue weighted by Crippen LogP contribution is 2.30. The first-order valence-corrected chi connectivity index (χ1v) is 11.6. The van der Waals surface area contributed by atoms with Gasteiger partial charge in [-0.25, -0.2) is 9.97 Å². The zero-order chi connectivity index (χ0) is 23.5. The highest BCUT2D eigenvalue weighted by atomic mass is 15.3. The first kappa shape index (κ1) is 21.9. The molecule has 2 atom stereocenters. The lowest BCUT2D eigenvalue weighted by atomic mass is 10.1. The van der Waals surface area contributed by atoms with Crippen molar-refractivity contribution in [1.29, 1.82) is 0 Å². The summed E-state index contributed by atoms with van der Waals surface area (Å²) in [5.41, 5.74) is 8.98. The predicted molar refractivity (Wildman–Crippen MR) is 139 cm³/mol. The zero-order valence-electron chi connectivity index (χ0n) is 19.5. The molecule has 3 N–H and O–H groups in total. The molecule has 2 aromatic heterocycles. The Balaban J connectivity index is 1.77. The summed E-state index contributed by atoms with van der Waals surface area (Å²) in [4.78, 5) is 15.5. The Bertz CT molecular complexity index is 1440. The van der Waals surface area contributed by atoms with Crippen molar-refractivity contribution in [2.24, 2.45) is 10.7 Å². The summed E-state index contributed by atoms with van der Waals surface area (Å²) in [7, 11) is 0. The maximum absolute atomic E-state index is 5.45. The Morgan fingerprint density at radius 2 is 1.88 bits per heavy atom. The monoisotopic (exact) mass is 451 g/mol. The molecule has 2 unspecified atom stereocenters. The molecule has 34 heavy (non-hydrogen) atoms. The molecule has 0 saturated heterocycles. The Morgan fingerprint density at radius 1 is 1.12 bits per heavy atom. The normalized spacial score (nSPS) is 18.6. The lowest BCUT2D eigenvalue weighted by molar-refractivity contribution is 0.449. The molecule has 0 fully saturated rings. The molecule has 1 aliphatic rings. The van der Waals surface area contributed by atoms with Crippen LogP contribution in [0, 0.1) is 0 Å². The minimum absolute atomic E-state index is 0.0261. The van der Waals surface area contributed by atoms with Crippen LogP contribution in [0.25, 0.3) is 23.1 Å². The third-order valence-electron chi connectivity index (χ3n) is 6.31. The molecular weight excluding hydrogens is 422 g/mol. The minimum Gasteiger partial charge on any atom is -0.390 e. The fraction of sp³-hybridized carbons (Fsp3) is 0.222. The van der Waals surface area contributed by atoms with Crippen LogP contribution in [0.3, 0.4) is 0 Å². The van der Waals surface area contributed by atoms with E-state index >= 15 is 0 Å². The van der Waals surface area contributed by atoms with Crippen LogP contribution >= 0.6 is 0 Å². The number of para-hydroxylation sites is 2. The summed E-state index contributed by atoms with van der Waals surface area (Å²) in [6, 6.07) is 18.9. The molecule has 0 spiro atoms. The van der Waals surface area contributed by atoms with Crippen molar-refractivity contribution in [3.8, 4) is 0 Å². The van der Waals surface area contributed by atoms with Gasteiger partial charge >= 0.3 is 0 Å². The van der Waals surface area contributed by atoms with E-state index in [1.807, 2.05) is 6.07 Å². The Morgan fingerprint density at radius 3 is 2.71 bits per heavy atom. The molecule has 0 aliphatic carbocycles. The van der Waals surface area contributed by atoms with Crippen LogP contribution in [-0.2, 0) is 6.42 Å². The number of nitrogens with one attached hydrogen (secondary N) is 1. The molecule has 0 bridgehead atoms. The smallest absolute Gasteiger partial charge is 0.230 e. The second-order valence-electron chi connectivity index (χ2n) is 8.42. The van der Waals surface area contributed by atoms with Gasteiger partial charge in [-0.05, 0) is 44.0 Å². The number of fused-ring (bicyclic) bond motifs is 4. The van der Waals surface area contributed by atoms with Crippen LogP contribution in [0.4, 0.5) is 11.6 Å². The molecule has 0 radical (unpaired) electrons. The van der Waals surface area contributed by atoms with Gasteiger partial charge in [-0.3, -0.25) is 10.3 Å². The highest BCUT2D eigenvalue weighted by molar-refractivity contribution is 5.83. The van der Waals surface area contributed by atoms with E-state index in [0.29, 0.717) is 12.6 Å². The number of nitrogens with zero attached hydrogens (tertiary/aromatic N) is 5. The topological polar surface area (TPSA) is 84.4 Å². The van der Waals surface area contributed by atoms with E-state index in [-0.39, 0.29) is 12.2 Å². The Kier molecular flexibility index (Phi) is 6.10. The number of nitrogens with two attached hydrogens (primary N) is 1. The van der Waals surface area contributed by atoms with Crippen LogP contribution in [0.5, 0.6) is 0 Å². The van der Waals surface area contributed by atoms with Crippen LogP contribution in [-0.4, -0.2) is 33.6 Å². The van der Waals surface area contributed by atoms with Gasteiger partial charge in [0.15, 0.2) is 0 Å². The van der Waals surface area contributed by atoms with Crippen molar-refractivity contribution >= 4 is 41.0 Å². The molecule has 7 heteroatoms. The van der Waals surface area contributed by atoms with E-state index in [1.165, 1.54) is 33.4 Å². The van der Waals surface area contributed by atoms with E-state index in [9.17, 15) is 0 Å². The van der Waals surface area contributed by atoms with Gasteiger partial charge in [-0.2, -0.15) is 0 Å². The average molecular weight is 452 g/mol. The second-order valence-corrected chi connectivity index (χ2v) is 8.42. The number of anilines is 2. The summed E-state index contributed by atoms with van der Waals surface area (Å²) < 4.78 is 2.36. The van der Waals surface area contributed by atoms with Crippen molar-refractivity contribution in [2.45, 2.75) is 32.5 Å². The van der Waals surface area contributed by atoms with Crippen LogP contribution in [0.15, 0.2) is 72.0 Å². The number of hydrogen-bond donors (Lipinski definition) is 2. The molecule has 172 valence electrons. The molecule has 0 amide bonds. The third-order valence-corrected chi connectivity index (χ3v) is 6.31. The largest absolute Gasteiger partial charge is 0.390 e. The maximum atomic E-state index is 5.45. The standard InChI is InChI=1S/C27H29N7/c1-19-16-23-22-9-4-6-11-25(22)34(20(2)32-18-29-17-28)26(23)13-12-21-8-3-5-10-24(21)33(19)27-30-14-7-15-31-27/h3-11,13-17,19-20,32H,12,18H2,1-2H3,(H2,28,29)/b23-16-,26-13+. The lowest BCUT2D eigenvalue weighted by Crippen LogP contribution is -2.38. The van der Waals surface area contributed by atoms with E-state index in [4.69, 9.17) is 5.73 Å². The van der Waals surface area contributed by atoms with Crippen molar-refractivity contribution in [3.05, 3.63) is 83.1 Å². The summed E-state index contributed by atoms with van der Waals surface area (Å²) in [6.07, 6.45) is 10.4. The molecule has 4 aromatic rings. The molecule has 0 saturated carbocycles. The second kappa shape index (κ2) is 9.49. The Labute approximate surface area is 199 Å². The SMILES string of the molecule is CC1/C=c2\c(n(C(C)NCN=CN)c3ccccc23)=C/Cc2ccccc2N1c1ncccn1. The quantitative estimate of drug-likeness (QED) is 0.360. The van der Waals surface area contributed by atoms with Gasteiger partial charge in [-0.1, -0.05) is 48.6 Å². The summed E-state index contributed by atoms with van der Waals surface area (Å²) in [6.45, 7) is 4.81. The molecule has 2 aromatic carbocycles. The minimum atomic E-state index is 0.0261. The molecule has 5 rings (SSSR count). The van der Waals surface area contributed by atoms with Gasteiger partial charge in [0.25, 0.3) is 0 Å². The van der Waals surface area contributed by atoms with Gasteiger partial charge in [0.05, 0.1) is 30.7 Å². The predicted octanol–water partition coefficient (Wildman–Crippen LogP) is 2.83. The summed E-state index contributed by atoms with van der Waals surface area (Å²) in [5, 5.41) is 7.09. The Hall–Kier alpha value is -3.97. The van der Waals surface area contributed by atoms with Crippen molar-refractivity contribution in [2.75, 3.05) is 11.6 Å². The van der Waals surface area contributed by atoms with E-state index in [0.717, 1.165) is 12.1 Å². The van der Waals surface area contributed by atoms with Crippen molar-refractivity contribution in [1.82, 2.24) is 19.9 Å². The van der Waals surface area contributed by atoms with E-state index < -0.39 is 0 Å². The third kappa shape index (κ3) is 3.95. The lowest BCUT2D eigenvalue weighted by Gasteiger charge is -2.29. The van der Waals surface area contributed by atoms with Crippen molar-refractivity contribution in [3.63, 3.8) is 0 Å². The number of aromatic nitrogens is 3. The van der Waals surface area contributed by atoms with Gasteiger partial charge in [-0.15, -0.1) is 0 Å². The zero-order valence-corrected chi connectivity index (χ0v) is 19.5. The van der Waals surface area contributed by atoms with Gasteiger partial charge in [0.1, 0.15) is 0 Å². The summed E-state index contributed by atoms with van der Waals surface area (Å²) >= 11 is 0. The molecule has 3 heterocycles. The van der Waals surface area contributed by atoms with Gasteiger partial charge in [0.2, 0.25) is 5.95 Å². The summed E-state index contributed by atoms with van der Waals surface area (Å²) in [5.74, 6) is 0.695. The van der Waals surface area contributed by atoms with Crippen LogP contribution in [0.2, 0.25) is 0 Å². The fourth-order valence-corrected chi connectivity index (χ4v) is 4.80. The molecule has 1 aliphatic heterocycles. The molecule has 7 nitrogen and oxygen atoms in total. The fourth-order valence-electron chi connectivity index (χ4n) is 4.80. The van der Waals surface area contributed by atoms with Crippen LogP contribution < -0.4 is 26.5 Å². The number of rotatable bonds is 5. The number of hydrogen-bond acceptors (Lipinski definition) is 5. The van der Waals surface area contributed by atoms with Gasteiger partial charge < -0.3 is 15.2 Å².